The van der Waals surface area contributed by atoms with Crippen molar-refractivity contribution >= 4 is 5.71 Å². The number of nitrogens with zero attached hydrogens (tertiary/aromatic N) is 2. The average molecular weight is 246 g/mol. The predicted molar refractivity (Wildman–Crippen MR) is 74.2 cm³/mol. The van der Waals surface area contributed by atoms with Gasteiger partial charge in [-0.2, -0.15) is 0 Å². The third kappa shape index (κ3) is 2.91. The molecule has 1 saturated heterocycles. The number of benzene rings is 1. The number of likely N-dealkylation sites (tertiary alicyclic amines) is 1. The van der Waals surface area contributed by atoms with Crippen LogP contribution in [-0.4, -0.2) is 28.9 Å². The van der Waals surface area contributed by atoms with Gasteiger partial charge >= 0.3 is 0 Å². The van der Waals surface area contributed by atoms with Crippen LogP contribution in [0.15, 0.2) is 23.4 Å². The minimum absolute atomic E-state index is 0.355. The summed E-state index contributed by atoms with van der Waals surface area (Å²) in [6.07, 6.45) is 0.878. The maximum atomic E-state index is 8.89. The number of aryl methyl sites for hydroxylation is 2. The van der Waals surface area contributed by atoms with Crippen molar-refractivity contribution in [1.29, 1.82) is 0 Å². The third-order valence-corrected chi connectivity index (χ3v) is 3.81. The topological polar surface area (TPSA) is 35.8 Å². The van der Waals surface area contributed by atoms with Crippen LogP contribution in [0.2, 0.25) is 0 Å². The Labute approximate surface area is 109 Å². The zero-order chi connectivity index (χ0) is 13.1. The van der Waals surface area contributed by atoms with Crippen molar-refractivity contribution in [3.05, 3.63) is 34.9 Å². The highest BCUT2D eigenvalue weighted by Gasteiger charge is 2.22. The van der Waals surface area contributed by atoms with Crippen molar-refractivity contribution in [2.24, 2.45) is 11.1 Å². The highest BCUT2D eigenvalue weighted by molar-refractivity contribution is 5.86. The number of hydrogen-bond acceptors (Lipinski definition) is 3. The van der Waals surface area contributed by atoms with Crippen LogP contribution < -0.4 is 0 Å². The van der Waals surface area contributed by atoms with Crippen molar-refractivity contribution in [2.45, 2.75) is 33.7 Å². The Kier molecular flexibility index (Phi) is 4.02. The number of rotatable bonds is 2. The fourth-order valence-electron chi connectivity index (χ4n) is 2.61. The van der Waals surface area contributed by atoms with Crippen LogP contribution in [0.4, 0.5) is 0 Å². The molecule has 1 aromatic rings. The van der Waals surface area contributed by atoms with E-state index in [4.69, 9.17) is 5.21 Å². The van der Waals surface area contributed by atoms with E-state index in [1.54, 1.807) is 0 Å². The summed E-state index contributed by atoms with van der Waals surface area (Å²) < 4.78 is 0. The number of piperidine rings is 1. The Balaban J connectivity index is 2.04. The first-order chi connectivity index (χ1) is 8.60. The molecule has 1 N–H and O–H groups in total. The molecule has 1 aliphatic rings. The van der Waals surface area contributed by atoms with Gasteiger partial charge in [0.25, 0.3) is 0 Å². The lowest BCUT2D eigenvalue weighted by atomic mass is 9.96. The molecule has 1 unspecified atom stereocenters. The SMILES string of the molecule is Cc1ccc(C)c(CN2CC/C(=N\O)C(C)C2)c1. The summed E-state index contributed by atoms with van der Waals surface area (Å²) in [5, 5.41) is 12.3. The molecule has 1 atom stereocenters. The van der Waals surface area contributed by atoms with Crippen LogP contribution in [0.1, 0.15) is 30.0 Å². The molecular weight excluding hydrogens is 224 g/mol. The Bertz CT molecular complexity index is 454. The van der Waals surface area contributed by atoms with Gasteiger partial charge in [0.2, 0.25) is 0 Å². The van der Waals surface area contributed by atoms with Gasteiger partial charge in [0.15, 0.2) is 0 Å². The average Bonchev–Trinajstić information content (AvgIpc) is 2.34. The van der Waals surface area contributed by atoms with E-state index >= 15 is 0 Å². The van der Waals surface area contributed by atoms with E-state index in [9.17, 15) is 0 Å². The summed E-state index contributed by atoms with van der Waals surface area (Å²) in [7, 11) is 0. The fourth-order valence-corrected chi connectivity index (χ4v) is 2.61. The van der Waals surface area contributed by atoms with Crippen LogP contribution in [0.3, 0.4) is 0 Å². The summed E-state index contributed by atoms with van der Waals surface area (Å²) in [5.74, 6) is 0.355. The summed E-state index contributed by atoms with van der Waals surface area (Å²) in [6, 6.07) is 6.63. The summed E-state index contributed by atoms with van der Waals surface area (Å²) in [5.41, 5.74) is 5.02. The monoisotopic (exact) mass is 246 g/mol. The molecule has 0 aromatic heterocycles. The molecule has 18 heavy (non-hydrogen) atoms. The van der Waals surface area contributed by atoms with Gasteiger partial charge in [-0.15, -0.1) is 0 Å². The molecule has 98 valence electrons. The molecule has 0 saturated carbocycles. The van der Waals surface area contributed by atoms with Crippen molar-refractivity contribution < 1.29 is 5.21 Å². The van der Waals surface area contributed by atoms with Gasteiger partial charge in [0, 0.05) is 32.0 Å². The van der Waals surface area contributed by atoms with Crippen molar-refractivity contribution in [2.75, 3.05) is 13.1 Å². The molecule has 0 bridgehead atoms. The van der Waals surface area contributed by atoms with Crippen molar-refractivity contribution in [3.8, 4) is 0 Å². The lowest BCUT2D eigenvalue weighted by Crippen LogP contribution is -2.39. The first-order valence-electron chi connectivity index (χ1n) is 6.59. The highest BCUT2D eigenvalue weighted by Crippen LogP contribution is 2.19. The molecule has 0 aliphatic carbocycles. The van der Waals surface area contributed by atoms with Crippen molar-refractivity contribution in [1.82, 2.24) is 4.90 Å². The molecular formula is C15H22N2O. The van der Waals surface area contributed by atoms with Gasteiger partial charge in [-0.1, -0.05) is 35.8 Å². The van der Waals surface area contributed by atoms with E-state index in [0.717, 1.165) is 31.8 Å². The van der Waals surface area contributed by atoms with Crippen molar-refractivity contribution in [3.63, 3.8) is 0 Å². The largest absolute Gasteiger partial charge is 0.411 e. The molecule has 1 aliphatic heterocycles. The van der Waals surface area contributed by atoms with E-state index in [2.05, 4.69) is 49.0 Å². The number of hydrogen-bond donors (Lipinski definition) is 1. The Hall–Kier alpha value is -1.35. The van der Waals surface area contributed by atoms with Gasteiger partial charge in [0.05, 0.1) is 5.71 Å². The Morgan fingerprint density at radius 2 is 2.17 bits per heavy atom. The van der Waals surface area contributed by atoms with Gasteiger partial charge in [0.1, 0.15) is 0 Å². The molecule has 0 spiro atoms. The first kappa shape index (κ1) is 13.1. The maximum Gasteiger partial charge on any atom is 0.0624 e. The second kappa shape index (κ2) is 5.53. The van der Waals surface area contributed by atoms with Gasteiger partial charge in [-0.25, -0.2) is 0 Å². The Morgan fingerprint density at radius 1 is 1.39 bits per heavy atom. The zero-order valence-corrected chi connectivity index (χ0v) is 11.5. The van der Waals surface area contributed by atoms with Crippen LogP contribution in [0, 0.1) is 19.8 Å². The van der Waals surface area contributed by atoms with Crippen LogP contribution in [-0.2, 0) is 6.54 Å². The molecule has 3 nitrogen and oxygen atoms in total. The lowest BCUT2D eigenvalue weighted by molar-refractivity contribution is 0.228. The van der Waals surface area contributed by atoms with Crippen LogP contribution in [0.5, 0.6) is 0 Å². The Morgan fingerprint density at radius 3 is 2.83 bits per heavy atom. The summed E-state index contributed by atoms with van der Waals surface area (Å²) in [6.45, 7) is 9.39. The standard InChI is InChI=1S/C15H22N2O/c1-11-4-5-12(2)14(8-11)10-17-7-6-15(16-18)13(3)9-17/h4-5,8,13,18H,6-7,9-10H2,1-3H3/b16-15+. The highest BCUT2D eigenvalue weighted by atomic mass is 16.4. The quantitative estimate of drug-likeness (QED) is 0.643. The van der Waals surface area contributed by atoms with Gasteiger partial charge in [-0.05, 0) is 25.0 Å². The molecule has 2 rings (SSSR count). The normalized spacial score (nSPS) is 23.5. The molecule has 1 aromatic carbocycles. The fraction of sp³-hybridized carbons (Fsp3) is 0.533. The van der Waals surface area contributed by atoms with E-state index in [-0.39, 0.29) is 0 Å². The number of oxime groups is 1. The van der Waals surface area contributed by atoms with E-state index < -0.39 is 0 Å². The molecule has 1 heterocycles. The van der Waals surface area contributed by atoms with E-state index in [0.29, 0.717) is 5.92 Å². The smallest absolute Gasteiger partial charge is 0.0624 e. The minimum Gasteiger partial charge on any atom is -0.411 e. The second-order valence-electron chi connectivity index (χ2n) is 5.41. The van der Waals surface area contributed by atoms with Gasteiger partial charge < -0.3 is 5.21 Å². The molecule has 0 amide bonds. The maximum absolute atomic E-state index is 8.89. The minimum atomic E-state index is 0.355. The third-order valence-electron chi connectivity index (χ3n) is 3.81. The van der Waals surface area contributed by atoms with E-state index in [1.807, 2.05) is 0 Å². The molecule has 0 radical (unpaired) electrons. The lowest BCUT2D eigenvalue weighted by Gasteiger charge is -2.31. The van der Waals surface area contributed by atoms with E-state index in [1.165, 1.54) is 16.7 Å². The summed E-state index contributed by atoms with van der Waals surface area (Å²) in [4.78, 5) is 2.45. The zero-order valence-electron chi connectivity index (χ0n) is 11.5. The van der Waals surface area contributed by atoms with Crippen LogP contribution in [0.25, 0.3) is 0 Å². The molecule has 3 heteroatoms. The van der Waals surface area contributed by atoms with Crippen LogP contribution >= 0.6 is 0 Å². The predicted octanol–water partition coefficient (Wildman–Crippen LogP) is 2.98. The summed E-state index contributed by atoms with van der Waals surface area (Å²) >= 11 is 0. The molecule has 1 fully saturated rings. The second-order valence-corrected chi connectivity index (χ2v) is 5.41. The van der Waals surface area contributed by atoms with Gasteiger partial charge in [-0.3, -0.25) is 4.90 Å². The first-order valence-corrected chi connectivity index (χ1v) is 6.59.